The van der Waals surface area contributed by atoms with Crippen LogP contribution >= 0.6 is 0 Å². The van der Waals surface area contributed by atoms with Crippen molar-refractivity contribution in [3.05, 3.63) is 0 Å². The Labute approximate surface area is 82.3 Å². The normalized spacial score (nSPS) is 40.6. The van der Waals surface area contributed by atoms with Gasteiger partial charge in [0.1, 0.15) is 0 Å². The van der Waals surface area contributed by atoms with E-state index >= 15 is 0 Å². The lowest BCUT2D eigenvalue weighted by Crippen LogP contribution is -2.43. The molecule has 1 nitrogen and oxygen atoms in total. The highest BCUT2D eigenvalue weighted by Crippen LogP contribution is 2.42. The molecule has 2 fully saturated rings. The fourth-order valence-corrected chi connectivity index (χ4v) is 3.65. The molecule has 13 heavy (non-hydrogen) atoms. The van der Waals surface area contributed by atoms with E-state index in [1.165, 1.54) is 38.6 Å². The van der Waals surface area contributed by atoms with Crippen LogP contribution in [0.25, 0.3) is 0 Å². The third kappa shape index (κ3) is 1.76. The Balaban J connectivity index is 1.97. The number of fused-ring (bicyclic) bond motifs is 2. The molecule has 1 saturated carbocycles. The van der Waals surface area contributed by atoms with Crippen LogP contribution in [-0.4, -0.2) is 12.6 Å². The van der Waals surface area contributed by atoms with E-state index in [0.29, 0.717) is 0 Å². The summed E-state index contributed by atoms with van der Waals surface area (Å²) in [4.78, 5) is 0. The summed E-state index contributed by atoms with van der Waals surface area (Å²) in [7, 11) is 0. The van der Waals surface area contributed by atoms with Gasteiger partial charge in [0.25, 0.3) is 0 Å². The lowest BCUT2D eigenvalue weighted by molar-refractivity contribution is 0.180. The van der Waals surface area contributed by atoms with Gasteiger partial charge >= 0.3 is 0 Å². The molecule has 0 aromatic carbocycles. The second kappa shape index (κ2) is 4.00. The molecular formula is C12H23N. The molecule has 4 atom stereocenters. The van der Waals surface area contributed by atoms with Crippen molar-refractivity contribution < 1.29 is 0 Å². The maximum atomic E-state index is 3.70. The minimum atomic E-state index is 0.875. The summed E-state index contributed by atoms with van der Waals surface area (Å²) in [5.41, 5.74) is 0. The largest absolute Gasteiger partial charge is 0.314 e. The summed E-state index contributed by atoms with van der Waals surface area (Å²) in [6.07, 6.45) is 7.17. The summed E-state index contributed by atoms with van der Waals surface area (Å²) in [6.45, 7) is 6.06. The van der Waals surface area contributed by atoms with Crippen LogP contribution < -0.4 is 5.32 Å². The smallest absolute Gasteiger partial charge is 0.0101 e. The quantitative estimate of drug-likeness (QED) is 0.706. The number of hydrogen-bond acceptors (Lipinski definition) is 1. The van der Waals surface area contributed by atoms with Crippen LogP contribution in [0.2, 0.25) is 0 Å². The zero-order valence-corrected chi connectivity index (χ0v) is 9.05. The first-order valence-corrected chi connectivity index (χ1v) is 6.06. The first kappa shape index (κ1) is 9.51. The van der Waals surface area contributed by atoms with Gasteiger partial charge in [0.05, 0.1) is 0 Å². The first-order valence-electron chi connectivity index (χ1n) is 6.06. The Bertz CT molecular complexity index is 151. The summed E-state index contributed by atoms with van der Waals surface area (Å²) in [5, 5.41) is 3.70. The number of rotatable bonds is 3. The van der Waals surface area contributed by atoms with Gasteiger partial charge in [0.15, 0.2) is 0 Å². The summed E-state index contributed by atoms with van der Waals surface area (Å²) in [5.74, 6) is 3.02. The number of nitrogens with one attached hydrogen (secondary N) is 1. The molecular weight excluding hydrogens is 158 g/mol. The second-order valence-electron chi connectivity index (χ2n) is 5.03. The highest BCUT2D eigenvalue weighted by atomic mass is 15.0. The summed E-state index contributed by atoms with van der Waals surface area (Å²) >= 11 is 0. The van der Waals surface area contributed by atoms with Gasteiger partial charge < -0.3 is 5.32 Å². The lowest BCUT2D eigenvalue weighted by atomic mass is 9.77. The van der Waals surface area contributed by atoms with E-state index in [4.69, 9.17) is 0 Å². The van der Waals surface area contributed by atoms with Crippen LogP contribution in [0.1, 0.15) is 46.0 Å². The van der Waals surface area contributed by atoms with Crippen molar-refractivity contribution in [2.75, 3.05) is 6.54 Å². The molecule has 0 aromatic heterocycles. The van der Waals surface area contributed by atoms with Crippen molar-refractivity contribution in [2.45, 2.75) is 52.0 Å². The zero-order valence-electron chi connectivity index (χ0n) is 9.05. The van der Waals surface area contributed by atoms with Gasteiger partial charge in [-0.15, -0.1) is 0 Å². The maximum absolute atomic E-state index is 3.70. The van der Waals surface area contributed by atoms with Gasteiger partial charge in [-0.1, -0.05) is 26.7 Å². The van der Waals surface area contributed by atoms with Crippen LogP contribution in [0, 0.1) is 17.8 Å². The van der Waals surface area contributed by atoms with Crippen LogP contribution in [0.4, 0.5) is 0 Å². The van der Waals surface area contributed by atoms with E-state index in [1.807, 2.05) is 0 Å². The van der Waals surface area contributed by atoms with E-state index in [2.05, 4.69) is 19.2 Å². The third-order valence-corrected chi connectivity index (χ3v) is 4.18. The predicted octanol–water partition coefficient (Wildman–Crippen LogP) is 2.81. The molecule has 2 rings (SSSR count). The molecule has 0 radical (unpaired) electrons. The monoisotopic (exact) mass is 181 g/mol. The molecule has 2 aliphatic rings. The minimum Gasteiger partial charge on any atom is -0.314 e. The molecule has 1 aliphatic heterocycles. The Kier molecular flexibility index (Phi) is 2.92. The van der Waals surface area contributed by atoms with Crippen molar-refractivity contribution in [3.63, 3.8) is 0 Å². The highest BCUT2D eigenvalue weighted by Gasteiger charge is 2.40. The van der Waals surface area contributed by atoms with Crippen LogP contribution in [0.3, 0.4) is 0 Å². The van der Waals surface area contributed by atoms with Crippen molar-refractivity contribution >= 4 is 0 Å². The van der Waals surface area contributed by atoms with E-state index in [1.54, 1.807) is 0 Å². The third-order valence-electron chi connectivity index (χ3n) is 4.18. The molecule has 1 heteroatoms. The standard InChI is InChI=1S/C12H23N/c1-3-4-9(2)12-10-5-6-11(12)13-8-7-10/h9-13H,3-8H2,1-2H3. The van der Waals surface area contributed by atoms with Crippen molar-refractivity contribution in [2.24, 2.45) is 17.8 Å². The van der Waals surface area contributed by atoms with Crippen molar-refractivity contribution in [1.82, 2.24) is 5.32 Å². The lowest BCUT2D eigenvalue weighted by Gasteiger charge is -2.35. The number of hydrogen-bond donors (Lipinski definition) is 1. The zero-order chi connectivity index (χ0) is 9.26. The van der Waals surface area contributed by atoms with Crippen LogP contribution in [-0.2, 0) is 0 Å². The van der Waals surface area contributed by atoms with Gasteiger partial charge in [0.2, 0.25) is 0 Å². The fourth-order valence-electron chi connectivity index (χ4n) is 3.65. The Morgan fingerprint density at radius 1 is 1.31 bits per heavy atom. The molecule has 1 heterocycles. The molecule has 0 aromatic rings. The summed E-state index contributed by atoms with van der Waals surface area (Å²) < 4.78 is 0. The van der Waals surface area contributed by atoms with Crippen LogP contribution in [0.15, 0.2) is 0 Å². The molecule has 4 unspecified atom stereocenters. The van der Waals surface area contributed by atoms with E-state index in [0.717, 1.165) is 23.8 Å². The topological polar surface area (TPSA) is 12.0 Å². The van der Waals surface area contributed by atoms with Gasteiger partial charge in [-0.2, -0.15) is 0 Å². The summed E-state index contributed by atoms with van der Waals surface area (Å²) in [6, 6.07) is 0.875. The van der Waals surface area contributed by atoms with E-state index in [9.17, 15) is 0 Å². The minimum absolute atomic E-state index is 0.875. The van der Waals surface area contributed by atoms with Gasteiger partial charge in [-0.3, -0.25) is 0 Å². The predicted molar refractivity (Wildman–Crippen MR) is 56.7 cm³/mol. The van der Waals surface area contributed by atoms with Crippen LogP contribution in [0.5, 0.6) is 0 Å². The Morgan fingerprint density at radius 2 is 2.15 bits per heavy atom. The molecule has 2 bridgehead atoms. The fraction of sp³-hybridized carbons (Fsp3) is 1.00. The van der Waals surface area contributed by atoms with Gasteiger partial charge in [-0.25, -0.2) is 0 Å². The van der Waals surface area contributed by atoms with E-state index in [-0.39, 0.29) is 0 Å². The molecule has 0 spiro atoms. The molecule has 1 aliphatic carbocycles. The van der Waals surface area contributed by atoms with Gasteiger partial charge in [0, 0.05) is 6.04 Å². The second-order valence-corrected chi connectivity index (χ2v) is 5.03. The molecule has 0 amide bonds. The average Bonchev–Trinajstić information content (AvgIpc) is 2.37. The van der Waals surface area contributed by atoms with Crippen molar-refractivity contribution in [1.29, 1.82) is 0 Å². The van der Waals surface area contributed by atoms with Gasteiger partial charge in [-0.05, 0) is 43.6 Å². The molecule has 76 valence electrons. The van der Waals surface area contributed by atoms with Crippen molar-refractivity contribution in [3.8, 4) is 0 Å². The first-order chi connectivity index (χ1) is 6.33. The SMILES string of the molecule is CCCC(C)C1C2CCNC1CC2. The molecule has 1 saturated heterocycles. The Morgan fingerprint density at radius 3 is 2.85 bits per heavy atom. The van der Waals surface area contributed by atoms with E-state index < -0.39 is 0 Å². The number of piperidine rings is 1. The Hall–Kier alpha value is -0.0400. The highest BCUT2D eigenvalue weighted by molar-refractivity contribution is 4.95. The average molecular weight is 181 g/mol. The maximum Gasteiger partial charge on any atom is 0.0101 e. The molecule has 1 N–H and O–H groups in total.